The molecule has 4 heteroatoms. The second-order valence-electron chi connectivity index (χ2n) is 5.29. The number of amides is 1. The summed E-state index contributed by atoms with van der Waals surface area (Å²) in [4.78, 5) is 24.5. The largest absolute Gasteiger partial charge is 0.444 e. The molecule has 90 valence electrons. The first kappa shape index (κ1) is 12.7. The topological polar surface area (TPSA) is 46.6 Å². The zero-order chi connectivity index (χ0) is 12.6. The predicted molar refractivity (Wildman–Crippen MR) is 61.1 cm³/mol. The Morgan fingerprint density at radius 2 is 2.06 bits per heavy atom. The van der Waals surface area contributed by atoms with Gasteiger partial charge in [-0.15, -0.1) is 0 Å². The normalized spacial score (nSPS) is 29.3. The molecule has 0 aromatic carbocycles. The van der Waals surface area contributed by atoms with Crippen molar-refractivity contribution in [3.63, 3.8) is 0 Å². The van der Waals surface area contributed by atoms with Crippen LogP contribution in [0.15, 0.2) is 12.2 Å². The van der Waals surface area contributed by atoms with Crippen molar-refractivity contribution in [1.82, 2.24) is 4.90 Å². The molecule has 0 saturated heterocycles. The van der Waals surface area contributed by atoms with Crippen LogP contribution in [0.1, 0.15) is 34.6 Å². The van der Waals surface area contributed by atoms with Crippen LogP contribution in [0, 0.1) is 0 Å². The lowest BCUT2D eigenvalue weighted by Crippen LogP contribution is -2.51. The van der Waals surface area contributed by atoms with Gasteiger partial charge in [0.15, 0.2) is 0 Å². The Bertz CT molecular complexity index is 330. The molecule has 0 fully saturated rings. The van der Waals surface area contributed by atoms with Crippen molar-refractivity contribution in [2.75, 3.05) is 0 Å². The van der Waals surface area contributed by atoms with Crippen molar-refractivity contribution in [3.05, 3.63) is 12.2 Å². The summed E-state index contributed by atoms with van der Waals surface area (Å²) in [5.41, 5.74) is -1.44. The van der Waals surface area contributed by atoms with Gasteiger partial charge in [0, 0.05) is 0 Å². The number of carbonyl (C=O) groups is 2. The van der Waals surface area contributed by atoms with Gasteiger partial charge in [0.25, 0.3) is 0 Å². The SMILES string of the molecule is CC1C=CC(C)(C=O)N1C(=O)OC(C)(C)C. The van der Waals surface area contributed by atoms with E-state index in [-0.39, 0.29) is 6.04 Å². The zero-order valence-electron chi connectivity index (χ0n) is 10.5. The van der Waals surface area contributed by atoms with Crippen LogP contribution >= 0.6 is 0 Å². The molecule has 1 amide bonds. The molecule has 0 aromatic heterocycles. The first-order valence-electron chi connectivity index (χ1n) is 5.37. The number of carbonyl (C=O) groups excluding carboxylic acids is 2. The van der Waals surface area contributed by atoms with Gasteiger partial charge in [-0.05, 0) is 34.6 Å². The highest BCUT2D eigenvalue weighted by Crippen LogP contribution is 2.27. The summed E-state index contributed by atoms with van der Waals surface area (Å²) in [6.45, 7) is 8.96. The first-order chi connectivity index (χ1) is 7.19. The van der Waals surface area contributed by atoms with Crippen molar-refractivity contribution in [3.8, 4) is 0 Å². The smallest absolute Gasteiger partial charge is 0.411 e. The quantitative estimate of drug-likeness (QED) is 0.507. The molecule has 4 nitrogen and oxygen atoms in total. The van der Waals surface area contributed by atoms with E-state index in [0.717, 1.165) is 6.29 Å². The molecule has 16 heavy (non-hydrogen) atoms. The standard InChI is InChI=1S/C12H19NO3/c1-9-6-7-12(5,8-14)13(9)10(15)16-11(2,3)4/h6-9H,1-5H3. The molecule has 1 rings (SSSR count). The Morgan fingerprint density at radius 3 is 2.50 bits per heavy atom. The van der Waals surface area contributed by atoms with Crippen LogP contribution in [0.25, 0.3) is 0 Å². The fourth-order valence-corrected chi connectivity index (χ4v) is 1.71. The molecule has 0 aliphatic carbocycles. The Hall–Kier alpha value is -1.32. The highest BCUT2D eigenvalue weighted by atomic mass is 16.6. The van der Waals surface area contributed by atoms with Gasteiger partial charge < -0.3 is 9.53 Å². The Balaban J connectivity index is 2.87. The zero-order valence-corrected chi connectivity index (χ0v) is 10.5. The van der Waals surface area contributed by atoms with Crippen LogP contribution in [0.3, 0.4) is 0 Å². The molecular weight excluding hydrogens is 206 g/mol. The molecule has 2 atom stereocenters. The summed E-state index contributed by atoms with van der Waals surface area (Å²) in [5, 5.41) is 0. The Kier molecular flexibility index (Phi) is 3.13. The molecular formula is C12H19NO3. The van der Waals surface area contributed by atoms with E-state index in [1.54, 1.807) is 33.8 Å². The second-order valence-corrected chi connectivity index (χ2v) is 5.29. The minimum Gasteiger partial charge on any atom is -0.444 e. The highest BCUT2D eigenvalue weighted by molar-refractivity contribution is 5.80. The Morgan fingerprint density at radius 1 is 1.50 bits per heavy atom. The fourth-order valence-electron chi connectivity index (χ4n) is 1.71. The summed E-state index contributed by atoms with van der Waals surface area (Å²) in [7, 11) is 0. The molecule has 0 aromatic rings. The van der Waals surface area contributed by atoms with E-state index < -0.39 is 17.2 Å². The van der Waals surface area contributed by atoms with Gasteiger partial charge >= 0.3 is 6.09 Å². The minimum absolute atomic E-state index is 0.120. The first-order valence-corrected chi connectivity index (χ1v) is 5.37. The van der Waals surface area contributed by atoms with Gasteiger partial charge in [0.2, 0.25) is 0 Å². The van der Waals surface area contributed by atoms with E-state index in [2.05, 4.69) is 0 Å². The molecule has 1 heterocycles. The maximum Gasteiger partial charge on any atom is 0.411 e. The van der Waals surface area contributed by atoms with Crippen LogP contribution in [0.4, 0.5) is 4.79 Å². The van der Waals surface area contributed by atoms with Crippen LogP contribution in [0.2, 0.25) is 0 Å². The van der Waals surface area contributed by atoms with Crippen molar-refractivity contribution >= 4 is 12.4 Å². The molecule has 1 aliphatic heterocycles. The van der Waals surface area contributed by atoms with E-state index in [1.165, 1.54) is 4.90 Å². The third-order valence-corrected chi connectivity index (χ3v) is 2.47. The molecule has 0 saturated carbocycles. The van der Waals surface area contributed by atoms with Crippen molar-refractivity contribution in [2.45, 2.75) is 51.8 Å². The van der Waals surface area contributed by atoms with Gasteiger partial charge in [-0.25, -0.2) is 4.79 Å². The van der Waals surface area contributed by atoms with Crippen molar-refractivity contribution in [2.24, 2.45) is 0 Å². The molecule has 0 spiro atoms. The predicted octanol–water partition coefficient (Wildman–Crippen LogP) is 2.14. The lowest BCUT2D eigenvalue weighted by molar-refractivity contribution is -0.115. The maximum absolute atomic E-state index is 12.0. The number of hydrogen-bond acceptors (Lipinski definition) is 3. The monoisotopic (exact) mass is 225 g/mol. The highest BCUT2D eigenvalue weighted by Gasteiger charge is 2.41. The average molecular weight is 225 g/mol. The molecule has 0 N–H and O–H groups in total. The summed E-state index contributed by atoms with van der Waals surface area (Å²) in [5.74, 6) is 0. The molecule has 0 bridgehead atoms. The molecule has 2 unspecified atom stereocenters. The van der Waals surface area contributed by atoms with Gasteiger partial charge in [-0.3, -0.25) is 4.90 Å². The second kappa shape index (κ2) is 3.92. The van der Waals surface area contributed by atoms with E-state index in [1.807, 2.05) is 13.0 Å². The number of ether oxygens (including phenoxy) is 1. The van der Waals surface area contributed by atoms with E-state index >= 15 is 0 Å². The van der Waals surface area contributed by atoms with Crippen LogP contribution in [-0.2, 0) is 9.53 Å². The summed E-state index contributed by atoms with van der Waals surface area (Å²) < 4.78 is 5.28. The van der Waals surface area contributed by atoms with Crippen molar-refractivity contribution < 1.29 is 14.3 Å². The fraction of sp³-hybridized carbons (Fsp3) is 0.667. The minimum atomic E-state index is -0.887. The molecule has 0 radical (unpaired) electrons. The molecule has 1 aliphatic rings. The van der Waals surface area contributed by atoms with Crippen LogP contribution in [-0.4, -0.2) is 34.5 Å². The van der Waals surface area contributed by atoms with Gasteiger partial charge in [0.1, 0.15) is 17.4 Å². The van der Waals surface area contributed by atoms with E-state index in [0.29, 0.717) is 0 Å². The number of rotatable bonds is 1. The van der Waals surface area contributed by atoms with E-state index in [9.17, 15) is 9.59 Å². The van der Waals surface area contributed by atoms with Gasteiger partial charge in [-0.2, -0.15) is 0 Å². The van der Waals surface area contributed by atoms with Gasteiger partial charge in [-0.1, -0.05) is 12.2 Å². The third-order valence-electron chi connectivity index (χ3n) is 2.47. The number of nitrogens with zero attached hydrogens (tertiary/aromatic N) is 1. The van der Waals surface area contributed by atoms with Gasteiger partial charge in [0.05, 0.1) is 6.04 Å². The van der Waals surface area contributed by atoms with Crippen LogP contribution in [0.5, 0.6) is 0 Å². The number of hydrogen-bond donors (Lipinski definition) is 0. The average Bonchev–Trinajstić information content (AvgIpc) is 2.40. The maximum atomic E-state index is 12.0. The summed E-state index contributed by atoms with van der Waals surface area (Å²) >= 11 is 0. The lowest BCUT2D eigenvalue weighted by atomic mass is 10.1. The summed E-state index contributed by atoms with van der Waals surface area (Å²) in [6, 6.07) is -0.120. The van der Waals surface area contributed by atoms with Crippen LogP contribution < -0.4 is 0 Å². The van der Waals surface area contributed by atoms with E-state index in [4.69, 9.17) is 4.74 Å². The van der Waals surface area contributed by atoms with Crippen molar-refractivity contribution in [1.29, 1.82) is 0 Å². The number of aldehydes is 1. The lowest BCUT2D eigenvalue weighted by Gasteiger charge is -2.34. The third kappa shape index (κ3) is 2.43. The summed E-state index contributed by atoms with van der Waals surface area (Å²) in [6.07, 6.45) is 3.86. The Labute approximate surface area is 96.3 Å².